The summed E-state index contributed by atoms with van der Waals surface area (Å²) >= 11 is 0. The number of allylic oxidation sites excluding steroid dienone is 5. The van der Waals surface area contributed by atoms with Crippen LogP contribution in [-0.2, 0) is 23.8 Å². The van der Waals surface area contributed by atoms with Crippen LogP contribution in [-0.4, -0.2) is 100 Å². The van der Waals surface area contributed by atoms with Crippen LogP contribution in [0.3, 0.4) is 0 Å². The van der Waals surface area contributed by atoms with Gasteiger partial charge in [-0.25, -0.2) is 0 Å². The normalized spacial score (nSPS) is 19.9. The van der Waals surface area contributed by atoms with Gasteiger partial charge in [-0.15, -0.1) is 0 Å². The van der Waals surface area contributed by atoms with E-state index >= 15 is 0 Å². The number of ether oxygens (including phenoxy) is 3. The minimum atomic E-state index is -1.58. The lowest BCUT2D eigenvalue weighted by atomic mass is 9.99. The van der Waals surface area contributed by atoms with E-state index in [9.17, 15) is 35.1 Å². The summed E-state index contributed by atoms with van der Waals surface area (Å²) in [7, 11) is 0. The molecule has 66 heavy (non-hydrogen) atoms. The molecule has 1 aliphatic rings. The summed E-state index contributed by atoms with van der Waals surface area (Å²) in [6, 6.07) is -0.826. The molecule has 7 unspecified atom stereocenters. The van der Waals surface area contributed by atoms with E-state index in [4.69, 9.17) is 14.2 Å². The Balaban J connectivity index is 2.20. The highest BCUT2D eigenvalue weighted by Crippen LogP contribution is 2.23. The fourth-order valence-electron chi connectivity index (χ4n) is 8.36. The van der Waals surface area contributed by atoms with Gasteiger partial charge in [0.2, 0.25) is 5.91 Å². The van der Waals surface area contributed by atoms with Gasteiger partial charge in [-0.3, -0.25) is 9.59 Å². The lowest BCUT2D eigenvalue weighted by Gasteiger charge is -2.40. The maximum absolute atomic E-state index is 13.0. The van der Waals surface area contributed by atoms with Crippen molar-refractivity contribution in [2.45, 2.75) is 281 Å². The molecule has 11 heteroatoms. The topological polar surface area (TPSA) is 175 Å². The molecule has 1 rings (SSSR count). The minimum absolute atomic E-state index is 0.0417. The Labute approximate surface area is 403 Å². The zero-order valence-corrected chi connectivity index (χ0v) is 42.2. The van der Waals surface area contributed by atoms with E-state index in [0.29, 0.717) is 19.4 Å². The molecule has 0 aliphatic carbocycles. The standard InChI is InChI=1S/C55H101NO10/c1-3-5-7-9-11-13-15-22-25-29-33-37-41-48(58)47(46-65-55-54(63)53(62)52(61)49(45-57)66-55)56-50(59)42-38-34-30-26-23-19-17-16-18-20-24-28-32-36-40-44-64-51(60)43-39-35-31-27-21-14-12-10-8-6-4-2/h16,18,20,24,37,41,47-49,52-55,57-58,61-63H,3-15,17,19,21-23,25-36,38-40,42-46H2,1-2H3,(H,56,59)/b18-16-,24-20-,41-37+. The molecular weight excluding hydrogens is 835 g/mol. The number of hydrogen-bond donors (Lipinski definition) is 6. The van der Waals surface area contributed by atoms with Gasteiger partial charge in [0.25, 0.3) is 0 Å². The predicted octanol–water partition coefficient (Wildman–Crippen LogP) is 11.6. The van der Waals surface area contributed by atoms with E-state index in [-0.39, 0.29) is 18.5 Å². The average Bonchev–Trinajstić information content (AvgIpc) is 3.31. The summed E-state index contributed by atoms with van der Waals surface area (Å²) in [5, 5.41) is 54.2. The average molecular weight is 936 g/mol. The predicted molar refractivity (Wildman–Crippen MR) is 269 cm³/mol. The third-order valence-corrected chi connectivity index (χ3v) is 12.8. The molecule has 0 radical (unpaired) electrons. The Morgan fingerprint density at radius 1 is 0.561 bits per heavy atom. The Morgan fingerprint density at radius 2 is 1.00 bits per heavy atom. The SMILES string of the molecule is CCCCCCCCCCCC/C=C/C(O)C(COC1OC(CO)C(O)C(O)C1O)NC(=O)CCCCCCCC/C=C\C=C/CCCCCOC(=O)CCCCCCCCCCCCC. The Bertz CT molecular complexity index is 1190. The molecule has 0 bridgehead atoms. The number of rotatable bonds is 46. The Hall–Kier alpha value is -2.12. The highest BCUT2D eigenvalue weighted by molar-refractivity contribution is 5.76. The van der Waals surface area contributed by atoms with Crippen molar-refractivity contribution in [1.29, 1.82) is 0 Å². The van der Waals surface area contributed by atoms with Crippen LogP contribution in [0.15, 0.2) is 36.5 Å². The Kier molecular flexibility index (Phi) is 42.5. The van der Waals surface area contributed by atoms with E-state index in [2.05, 4.69) is 43.5 Å². The molecule has 11 nitrogen and oxygen atoms in total. The van der Waals surface area contributed by atoms with E-state index in [1.807, 2.05) is 6.08 Å². The monoisotopic (exact) mass is 936 g/mol. The van der Waals surface area contributed by atoms with E-state index in [1.165, 1.54) is 109 Å². The quantitative estimate of drug-likeness (QED) is 0.0149. The van der Waals surface area contributed by atoms with E-state index < -0.39 is 49.5 Å². The smallest absolute Gasteiger partial charge is 0.305 e. The zero-order valence-electron chi connectivity index (χ0n) is 42.2. The van der Waals surface area contributed by atoms with Crippen molar-refractivity contribution in [3.05, 3.63) is 36.5 Å². The number of esters is 1. The van der Waals surface area contributed by atoms with Gasteiger partial charge >= 0.3 is 5.97 Å². The molecule has 6 N–H and O–H groups in total. The van der Waals surface area contributed by atoms with Gasteiger partial charge in [-0.2, -0.15) is 0 Å². The van der Waals surface area contributed by atoms with Crippen molar-refractivity contribution in [1.82, 2.24) is 5.32 Å². The van der Waals surface area contributed by atoms with Crippen LogP contribution in [0.25, 0.3) is 0 Å². The summed E-state index contributed by atoms with van der Waals surface area (Å²) in [4.78, 5) is 25.0. The molecule has 0 aromatic heterocycles. The molecule has 1 fully saturated rings. The summed E-state index contributed by atoms with van der Waals surface area (Å²) in [6.45, 7) is 4.25. The van der Waals surface area contributed by atoms with E-state index in [0.717, 1.165) is 103 Å². The molecule has 0 saturated carbocycles. The second kappa shape index (κ2) is 45.3. The number of aliphatic hydroxyl groups excluding tert-OH is 5. The van der Waals surface area contributed by atoms with Gasteiger partial charge in [-0.05, 0) is 64.2 Å². The number of aliphatic hydroxyl groups is 5. The molecule has 7 atom stereocenters. The van der Waals surface area contributed by atoms with Crippen LogP contribution in [0.1, 0.15) is 239 Å². The first kappa shape index (κ1) is 61.9. The molecule has 1 amide bonds. The van der Waals surface area contributed by atoms with Gasteiger partial charge in [0.05, 0.1) is 32.0 Å². The van der Waals surface area contributed by atoms with Crippen LogP contribution in [0.5, 0.6) is 0 Å². The first-order valence-corrected chi connectivity index (χ1v) is 27.3. The van der Waals surface area contributed by atoms with Crippen LogP contribution < -0.4 is 5.32 Å². The molecule has 386 valence electrons. The molecule has 1 saturated heterocycles. The van der Waals surface area contributed by atoms with Gasteiger partial charge in [0.1, 0.15) is 24.4 Å². The maximum Gasteiger partial charge on any atom is 0.305 e. The number of hydrogen-bond acceptors (Lipinski definition) is 10. The minimum Gasteiger partial charge on any atom is -0.466 e. The fraction of sp³-hybridized carbons (Fsp3) is 0.855. The number of amides is 1. The molecule has 0 aromatic rings. The Morgan fingerprint density at radius 3 is 1.50 bits per heavy atom. The summed E-state index contributed by atoms with van der Waals surface area (Å²) in [5.74, 6) is -0.247. The van der Waals surface area contributed by atoms with Crippen LogP contribution in [0.2, 0.25) is 0 Å². The summed E-state index contributed by atoms with van der Waals surface area (Å²) in [6.07, 6.45) is 43.6. The van der Waals surface area contributed by atoms with Crippen LogP contribution in [0.4, 0.5) is 0 Å². The first-order chi connectivity index (χ1) is 32.2. The number of carbonyl (C=O) groups excluding carboxylic acids is 2. The van der Waals surface area contributed by atoms with Crippen molar-refractivity contribution >= 4 is 11.9 Å². The maximum atomic E-state index is 13.0. The van der Waals surface area contributed by atoms with Crippen LogP contribution >= 0.6 is 0 Å². The molecular formula is C55H101NO10. The van der Waals surface area contributed by atoms with Gasteiger partial charge in [0, 0.05) is 12.8 Å². The van der Waals surface area contributed by atoms with Gasteiger partial charge in [-0.1, -0.05) is 198 Å². The van der Waals surface area contributed by atoms with Crippen molar-refractivity contribution in [3.8, 4) is 0 Å². The lowest BCUT2D eigenvalue weighted by molar-refractivity contribution is -0.302. The lowest BCUT2D eigenvalue weighted by Crippen LogP contribution is -2.60. The van der Waals surface area contributed by atoms with E-state index in [1.54, 1.807) is 6.08 Å². The third kappa shape index (κ3) is 35.1. The highest BCUT2D eigenvalue weighted by atomic mass is 16.7. The third-order valence-electron chi connectivity index (χ3n) is 12.8. The molecule has 0 aromatic carbocycles. The largest absolute Gasteiger partial charge is 0.466 e. The fourth-order valence-corrected chi connectivity index (χ4v) is 8.36. The number of carbonyl (C=O) groups is 2. The number of nitrogens with one attached hydrogen (secondary N) is 1. The highest BCUT2D eigenvalue weighted by Gasteiger charge is 2.44. The van der Waals surface area contributed by atoms with Crippen molar-refractivity contribution < 1.29 is 49.3 Å². The van der Waals surface area contributed by atoms with Gasteiger partial charge < -0.3 is 45.1 Å². The molecule has 1 heterocycles. The van der Waals surface area contributed by atoms with Crippen molar-refractivity contribution in [2.75, 3.05) is 19.8 Å². The molecule has 1 aliphatic heterocycles. The van der Waals surface area contributed by atoms with Crippen molar-refractivity contribution in [3.63, 3.8) is 0 Å². The molecule has 0 spiro atoms. The summed E-state index contributed by atoms with van der Waals surface area (Å²) < 4.78 is 16.6. The zero-order chi connectivity index (χ0) is 48.1. The number of unbranched alkanes of at least 4 members (excludes halogenated alkanes) is 29. The first-order valence-electron chi connectivity index (χ1n) is 27.3. The van der Waals surface area contributed by atoms with Crippen LogP contribution in [0, 0.1) is 0 Å². The van der Waals surface area contributed by atoms with Crippen molar-refractivity contribution in [2.24, 2.45) is 0 Å². The van der Waals surface area contributed by atoms with Gasteiger partial charge in [0.15, 0.2) is 6.29 Å². The second-order valence-corrected chi connectivity index (χ2v) is 19.0. The summed E-state index contributed by atoms with van der Waals surface area (Å²) in [5.41, 5.74) is 0. The second-order valence-electron chi connectivity index (χ2n) is 19.0.